The molecule has 5 nitrogen and oxygen atoms in total. The lowest BCUT2D eigenvalue weighted by molar-refractivity contribution is 0.0690. The first-order valence-electron chi connectivity index (χ1n) is 4.17. The number of phenolic OH excluding ortho intramolecular Hbond substituents is 1. The largest absolute Gasteiger partial charge is 0.508 e. The van der Waals surface area contributed by atoms with E-state index in [-0.39, 0.29) is 16.8 Å². The molecule has 2 aromatic rings. The molecule has 1 aromatic heterocycles. The third kappa shape index (κ3) is 1.54. The zero-order valence-electron chi connectivity index (χ0n) is 7.52. The lowest BCUT2D eigenvalue weighted by Gasteiger charge is -1.99. The van der Waals surface area contributed by atoms with E-state index in [1.54, 1.807) is 0 Å². The number of aromatic carboxylic acids is 1. The average molecular weight is 205 g/mol. The van der Waals surface area contributed by atoms with Crippen LogP contribution < -0.4 is 5.56 Å². The molecule has 0 fully saturated rings. The Bertz CT molecular complexity index is 600. The molecule has 0 aliphatic carbocycles. The van der Waals surface area contributed by atoms with Gasteiger partial charge in [0, 0.05) is 0 Å². The van der Waals surface area contributed by atoms with Crippen LogP contribution in [0.4, 0.5) is 0 Å². The molecule has 0 saturated heterocycles. The first-order chi connectivity index (χ1) is 7.08. The van der Waals surface area contributed by atoms with E-state index in [4.69, 9.17) is 10.2 Å². The fraction of sp³-hybridized carbons (Fsp3) is 0. The van der Waals surface area contributed by atoms with E-state index >= 15 is 0 Å². The molecule has 0 amide bonds. The zero-order chi connectivity index (χ0) is 11.0. The van der Waals surface area contributed by atoms with Crippen LogP contribution >= 0.6 is 0 Å². The molecule has 0 aliphatic rings. The lowest BCUT2D eigenvalue weighted by atomic mass is 10.1. The molecule has 0 unspecified atom stereocenters. The molecule has 0 radical (unpaired) electrons. The SMILES string of the molecule is O=C(O)c1cc2ccc(O)cc2c(=O)[nH]1. The van der Waals surface area contributed by atoms with Crippen molar-refractivity contribution in [3.63, 3.8) is 0 Å². The van der Waals surface area contributed by atoms with Gasteiger partial charge in [0.2, 0.25) is 0 Å². The van der Waals surface area contributed by atoms with Crippen LogP contribution in [0.3, 0.4) is 0 Å². The van der Waals surface area contributed by atoms with Crippen LogP contribution in [0.15, 0.2) is 29.1 Å². The first-order valence-corrected chi connectivity index (χ1v) is 4.17. The van der Waals surface area contributed by atoms with Crippen molar-refractivity contribution in [2.24, 2.45) is 0 Å². The Balaban J connectivity index is 2.84. The topological polar surface area (TPSA) is 90.4 Å². The van der Waals surface area contributed by atoms with Gasteiger partial charge >= 0.3 is 5.97 Å². The van der Waals surface area contributed by atoms with Crippen LogP contribution in [0, 0.1) is 0 Å². The van der Waals surface area contributed by atoms with E-state index in [0.717, 1.165) is 0 Å². The lowest BCUT2D eigenvalue weighted by Crippen LogP contribution is -2.12. The molecule has 0 bridgehead atoms. The first kappa shape index (κ1) is 9.26. The maximum absolute atomic E-state index is 11.4. The Labute approximate surface area is 83.6 Å². The number of hydrogen-bond donors (Lipinski definition) is 3. The quantitative estimate of drug-likeness (QED) is 0.646. The molecule has 0 saturated carbocycles. The molecule has 1 aromatic carbocycles. The Kier molecular flexibility index (Phi) is 1.93. The normalized spacial score (nSPS) is 10.4. The van der Waals surface area contributed by atoms with E-state index in [0.29, 0.717) is 5.39 Å². The van der Waals surface area contributed by atoms with Gasteiger partial charge in [-0.1, -0.05) is 6.07 Å². The number of rotatable bonds is 1. The molecule has 5 heteroatoms. The van der Waals surface area contributed by atoms with Crippen molar-refractivity contribution in [2.75, 3.05) is 0 Å². The van der Waals surface area contributed by atoms with Crippen molar-refractivity contribution >= 4 is 16.7 Å². The number of H-pyrrole nitrogens is 1. The van der Waals surface area contributed by atoms with Gasteiger partial charge in [0.25, 0.3) is 5.56 Å². The molecule has 76 valence electrons. The summed E-state index contributed by atoms with van der Waals surface area (Å²) in [6.45, 7) is 0. The van der Waals surface area contributed by atoms with Crippen LogP contribution in [-0.2, 0) is 0 Å². The molecule has 1 heterocycles. The van der Waals surface area contributed by atoms with Gasteiger partial charge in [-0.2, -0.15) is 0 Å². The van der Waals surface area contributed by atoms with E-state index < -0.39 is 11.5 Å². The van der Waals surface area contributed by atoms with E-state index in [9.17, 15) is 9.59 Å². The number of nitrogens with one attached hydrogen (secondary N) is 1. The highest BCUT2D eigenvalue weighted by Gasteiger charge is 2.07. The summed E-state index contributed by atoms with van der Waals surface area (Å²) in [6, 6.07) is 5.53. The van der Waals surface area contributed by atoms with Gasteiger partial charge in [-0.3, -0.25) is 4.79 Å². The summed E-state index contributed by atoms with van der Waals surface area (Å²) < 4.78 is 0. The van der Waals surface area contributed by atoms with E-state index in [1.165, 1.54) is 24.3 Å². The minimum atomic E-state index is -1.19. The van der Waals surface area contributed by atoms with Gasteiger partial charge in [-0.15, -0.1) is 0 Å². The molecule has 3 N–H and O–H groups in total. The highest BCUT2D eigenvalue weighted by molar-refractivity contribution is 5.92. The van der Waals surface area contributed by atoms with Crippen LogP contribution in [0.25, 0.3) is 10.8 Å². The molecule has 0 aliphatic heterocycles. The maximum Gasteiger partial charge on any atom is 0.352 e. The third-order valence-electron chi connectivity index (χ3n) is 2.06. The molecule has 0 atom stereocenters. The fourth-order valence-electron chi connectivity index (χ4n) is 1.36. The number of benzene rings is 1. The van der Waals surface area contributed by atoms with Crippen molar-refractivity contribution in [1.29, 1.82) is 0 Å². The van der Waals surface area contributed by atoms with E-state index in [2.05, 4.69) is 4.98 Å². The molecular weight excluding hydrogens is 198 g/mol. The summed E-state index contributed by atoms with van der Waals surface area (Å²) in [4.78, 5) is 24.3. The number of aromatic hydroxyl groups is 1. The highest BCUT2D eigenvalue weighted by atomic mass is 16.4. The summed E-state index contributed by atoms with van der Waals surface area (Å²) >= 11 is 0. The van der Waals surface area contributed by atoms with Gasteiger partial charge < -0.3 is 15.2 Å². The van der Waals surface area contributed by atoms with Crippen LogP contribution in [0.2, 0.25) is 0 Å². The van der Waals surface area contributed by atoms with Gasteiger partial charge in [0.1, 0.15) is 11.4 Å². The maximum atomic E-state index is 11.4. The number of carbonyl (C=O) groups is 1. The Morgan fingerprint density at radius 1 is 1.27 bits per heavy atom. The Hall–Kier alpha value is -2.30. The second-order valence-corrected chi connectivity index (χ2v) is 3.09. The fourth-order valence-corrected chi connectivity index (χ4v) is 1.36. The molecule has 15 heavy (non-hydrogen) atoms. The van der Waals surface area contributed by atoms with Gasteiger partial charge in [0.05, 0.1) is 5.39 Å². The summed E-state index contributed by atoms with van der Waals surface area (Å²) in [5, 5.41) is 18.6. The second-order valence-electron chi connectivity index (χ2n) is 3.09. The number of carboxylic acids is 1. The summed E-state index contributed by atoms with van der Waals surface area (Å²) in [7, 11) is 0. The minimum Gasteiger partial charge on any atom is -0.508 e. The second kappa shape index (κ2) is 3.13. The average Bonchev–Trinajstić information content (AvgIpc) is 2.18. The number of phenols is 1. The van der Waals surface area contributed by atoms with Crippen molar-refractivity contribution in [3.8, 4) is 5.75 Å². The number of aromatic amines is 1. The number of hydrogen-bond acceptors (Lipinski definition) is 3. The van der Waals surface area contributed by atoms with Crippen LogP contribution in [0.1, 0.15) is 10.5 Å². The van der Waals surface area contributed by atoms with Crippen molar-refractivity contribution in [3.05, 3.63) is 40.3 Å². The monoisotopic (exact) mass is 205 g/mol. The Morgan fingerprint density at radius 3 is 2.67 bits per heavy atom. The predicted octanol–water partition coefficient (Wildman–Crippen LogP) is 0.932. The summed E-state index contributed by atoms with van der Waals surface area (Å²) in [5.74, 6) is -1.22. The van der Waals surface area contributed by atoms with Crippen molar-refractivity contribution in [1.82, 2.24) is 4.98 Å². The standard InChI is InChI=1S/C10H7NO4/c12-6-2-1-5-3-8(10(14)15)11-9(13)7(5)4-6/h1-4,12H,(H,11,13)(H,14,15). The molecular formula is C10H7NO4. The highest BCUT2D eigenvalue weighted by Crippen LogP contribution is 2.16. The minimum absolute atomic E-state index is 0.0314. The zero-order valence-corrected chi connectivity index (χ0v) is 7.52. The number of carboxylic acid groups (broad SMARTS) is 1. The number of aromatic nitrogens is 1. The number of pyridine rings is 1. The van der Waals surface area contributed by atoms with Crippen molar-refractivity contribution < 1.29 is 15.0 Å². The van der Waals surface area contributed by atoms with Crippen molar-refractivity contribution in [2.45, 2.75) is 0 Å². The van der Waals surface area contributed by atoms with Gasteiger partial charge in [-0.05, 0) is 23.6 Å². The predicted molar refractivity (Wildman–Crippen MR) is 53.2 cm³/mol. The third-order valence-corrected chi connectivity index (χ3v) is 2.06. The van der Waals surface area contributed by atoms with Crippen LogP contribution in [-0.4, -0.2) is 21.2 Å². The molecule has 2 rings (SSSR count). The van der Waals surface area contributed by atoms with E-state index in [1.807, 2.05) is 0 Å². The summed E-state index contributed by atoms with van der Waals surface area (Å²) in [6.07, 6.45) is 0. The Morgan fingerprint density at radius 2 is 2.00 bits per heavy atom. The smallest absolute Gasteiger partial charge is 0.352 e. The molecule has 0 spiro atoms. The van der Waals surface area contributed by atoms with Crippen LogP contribution in [0.5, 0.6) is 5.75 Å². The van der Waals surface area contributed by atoms with Gasteiger partial charge in [-0.25, -0.2) is 4.79 Å². The van der Waals surface area contributed by atoms with Gasteiger partial charge in [0.15, 0.2) is 0 Å². The number of fused-ring (bicyclic) bond motifs is 1. The summed E-state index contributed by atoms with van der Waals surface area (Å²) in [5.41, 5.74) is -0.695.